The summed E-state index contributed by atoms with van der Waals surface area (Å²) < 4.78 is 0.982. The molecule has 0 aliphatic heterocycles. The van der Waals surface area contributed by atoms with Crippen molar-refractivity contribution < 1.29 is 9.90 Å². The number of rotatable bonds is 2. The first-order valence-electron chi connectivity index (χ1n) is 4.96. The van der Waals surface area contributed by atoms with E-state index in [0.29, 0.717) is 0 Å². The first-order chi connectivity index (χ1) is 8.08. The normalized spacial score (nSPS) is 10.2. The number of carboxylic acids is 1. The van der Waals surface area contributed by atoms with E-state index in [2.05, 4.69) is 15.9 Å². The lowest BCUT2D eigenvalue weighted by molar-refractivity contribution is 0.0698. The van der Waals surface area contributed by atoms with Crippen molar-refractivity contribution in [1.29, 1.82) is 0 Å². The number of anilines is 1. The van der Waals surface area contributed by atoms with E-state index < -0.39 is 5.97 Å². The van der Waals surface area contributed by atoms with E-state index in [4.69, 9.17) is 10.8 Å². The second kappa shape index (κ2) is 4.59. The molecule has 3 nitrogen and oxygen atoms in total. The van der Waals surface area contributed by atoms with Crippen LogP contribution >= 0.6 is 15.9 Å². The fourth-order valence-electron chi connectivity index (χ4n) is 1.56. The molecule has 0 aromatic heterocycles. The Hall–Kier alpha value is -1.81. The molecule has 0 bridgehead atoms. The summed E-state index contributed by atoms with van der Waals surface area (Å²) in [6, 6.07) is 12.7. The van der Waals surface area contributed by atoms with E-state index in [0.717, 1.165) is 15.6 Å². The molecule has 2 aromatic carbocycles. The average Bonchev–Trinajstić information content (AvgIpc) is 2.30. The third-order valence-electron chi connectivity index (χ3n) is 2.46. The smallest absolute Gasteiger partial charge is 0.337 e. The third-order valence-corrected chi connectivity index (χ3v) is 2.99. The summed E-state index contributed by atoms with van der Waals surface area (Å²) in [7, 11) is 0. The van der Waals surface area contributed by atoms with Gasteiger partial charge in [0.05, 0.1) is 5.56 Å². The van der Waals surface area contributed by atoms with E-state index in [9.17, 15) is 4.79 Å². The molecule has 4 heteroatoms. The van der Waals surface area contributed by atoms with Crippen LogP contribution in [0.5, 0.6) is 0 Å². The number of aromatic carboxylic acids is 1. The van der Waals surface area contributed by atoms with E-state index in [-0.39, 0.29) is 11.3 Å². The SMILES string of the molecule is Nc1ccc(-c2ccc(Br)cc2)cc1C(=O)O. The van der Waals surface area contributed by atoms with Crippen molar-refractivity contribution in [2.75, 3.05) is 5.73 Å². The maximum absolute atomic E-state index is 11.0. The summed E-state index contributed by atoms with van der Waals surface area (Å²) in [5.41, 5.74) is 7.80. The molecule has 2 aromatic rings. The van der Waals surface area contributed by atoms with Gasteiger partial charge in [-0.05, 0) is 35.4 Å². The fraction of sp³-hybridized carbons (Fsp3) is 0. The quantitative estimate of drug-likeness (QED) is 0.834. The Morgan fingerprint density at radius 1 is 1.06 bits per heavy atom. The van der Waals surface area contributed by atoms with Gasteiger partial charge in [-0.2, -0.15) is 0 Å². The number of nitrogen functional groups attached to an aromatic ring is 1. The lowest BCUT2D eigenvalue weighted by atomic mass is 10.0. The highest BCUT2D eigenvalue weighted by molar-refractivity contribution is 9.10. The van der Waals surface area contributed by atoms with Crippen molar-refractivity contribution >= 4 is 27.6 Å². The molecule has 0 spiro atoms. The molecule has 0 fully saturated rings. The summed E-state index contributed by atoms with van der Waals surface area (Å²) in [4.78, 5) is 11.0. The Morgan fingerprint density at radius 2 is 1.65 bits per heavy atom. The summed E-state index contributed by atoms with van der Waals surface area (Å²) >= 11 is 3.35. The van der Waals surface area contributed by atoms with Crippen LogP contribution in [0.4, 0.5) is 5.69 Å². The minimum absolute atomic E-state index is 0.130. The van der Waals surface area contributed by atoms with Crippen molar-refractivity contribution in [2.24, 2.45) is 0 Å². The van der Waals surface area contributed by atoms with Crippen molar-refractivity contribution in [1.82, 2.24) is 0 Å². The molecule has 0 aliphatic rings. The predicted octanol–water partition coefficient (Wildman–Crippen LogP) is 3.40. The van der Waals surface area contributed by atoms with Crippen molar-refractivity contribution in [2.45, 2.75) is 0 Å². The second-order valence-electron chi connectivity index (χ2n) is 3.61. The Balaban J connectivity index is 2.50. The average molecular weight is 292 g/mol. The number of benzene rings is 2. The molecule has 17 heavy (non-hydrogen) atoms. The van der Waals surface area contributed by atoms with Gasteiger partial charge < -0.3 is 10.8 Å². The van der Waals surface area contributed by atoms with Crippen molar-refractivity contribution in [3.63, 3.8) is 0 Å². The Bertz CT molecular complexity index is 564. The van der Waals surface area contributed by atoms with E-state index in [1.54, 1.807) is 12.1 Å². The minimum Gasteiger partial charge on any atom is -0.478 e. The first-order valence-corrected chi connectivity index (χ1v) is 5.76. The van der Waals surface area contributed by atoms with Gasteiger partial charge in [-0.3, -0.25) is 0 Å². The number of carbonyl (C=O) groups is 1. The lowest BCUT2D eigenvalue weighted by Crippen LogP contribution is -2.02. The highest BCUT2D eigenvalue weighted by Gasteiger charge is 2.09. The zero-order chi connectivity index (χ0) is 12.4. The van der Waals surface area contributed by atoms with Crippen LogP contribution in [-0.4, -0.2) is 11.1 Å². The number of nitrogens with two attached hydrogens (primary N) is 1. The van der Waals surface area contributed by atoms with Crippen LogP contribution < -0.4 is 5.73 Å². The standard InChI is InChI=1S/C13H10BrNO2/c14-10-4-1-8(2-5-10)9-3-6-12(15)11(7-9)13(16)17/h1-7H,15H2,(H,16,17). The Labute approximate surface area is 107 Å². The minimum atomic E-state index is -1.01. The van der Waals surface area contributed by atoms with E-state index >= 15 is 0 Å². The molecule has 0 radical (unpaired) electrons. The predicted molar refractivity (Wildman–Crippen MR) is 70.9 cm³/mol. The zero-order valence-corrected chi connectivity index (χ0v) is 10.4. The highest BCUT2D eigenvalue weighted by atomic mass is 79.9. The molecule has 0 amide bonds. The summed E-state index contributed by atoms with van der Waals surface area (Å²) in [5.74, 6) is -1.01. The fourth-order valence-corrected chi connectivity index (χ4v) is 1.83. The van der Waals surface area contributed by atoms with Crippen LogP contribution in [0.15, 0.2) is 46.9 Å². The van der Waals surface area contributed by atoms with Gasteiger partial charge in [0.15, 0.2) is 0 Å². The van der Waals surface area contributed by atoms with Crippen LogP contribution in [0.2, 0.25) is 0 Å². The lowest BCUT2D eigenvalue weighted by Gasteiger charge is -2.05. The van der Waals surface area contributed by atoms with Crippen molar-refractivity contribution in [3.8, 4) is 11.1 Å². The zero-order valence-electron chi connectivity index (χ0n) is 8.85. The van der Waals surface area contributed by atoms with Gasteiger partial charge in [-0.1, -0.05) is 34.1 Å². The van der Waals surface area contributed by atoms with Crippen LogP contribution in [0.3, 0.4) is 0 Å². The molecule has 0 aliphatic carbocycles. The highest BCUT2D eigenvalue weighted by Crippen LogP contribution is 2.25. The summed E-state index contributed by atoms with van der Waals surface area (Å²) in [6.07, 6.45) is 0. The van der Waals surface area contributed by atoms with Crippen LogP contribution in [0.25, 0.3) is 11.1 Å². The first kappa shape index (κ1) is 11.7. The number of hydrogen-bond acceptors (Lipinski definition) is 2. The third kappa shape index (κ3) is 2.47. The van der Waals surface area contributed by atoms with Crippen LogP contribution in [0, 0.1) is 0 Å². The van der Waals surface area contributed by atoms with Crippen LogP contribution in [-0.2, 0) is 0 Å². The van der Waals surface area contributed by atoms with Gasteiger partial charge in [0.1, 0.15) is 0 Å². The largest absolute Gasteiger partial charge is 0.478 e. The number of hydrogen-bond donors (Lipinski definition) is 2. The monoisotopic (exact) mass is 291 g/mol. The van der Waals surface area contributed by atoms with Gasteiger partial charge in [0, 0.05) is 10.2 Å². The maximum Gasteiger partial charge on any atom is 0.337 e. The molecule has 0 heterocycles. The molecule has 0 saturated carbocycles. The molecule has 0 unspecified atom stereocenters. The van der Waals surface area contributed by atoms with Gasteiger partial charge in [0.2, 0.25) is 0 Å². The van der Waals surface area contributed by atoms with Crippen LogP contribution in [0.1, 0.15) is 10.4 Å². The van der Waals surface area contributed by atoms with E-state index in [1.807, 2.05) is 30.3 Å². The summed E-state index contributed by atoms with van der Waals surface area (Å²) in [6.45, 7) is 0. The van der Waals surface area contributed by atoms with E-state index in [1.165, 1.54) is 0 Å². The van der Waals surface area contributed by atoms with Gasteiger partial charge in [-0.15, -0.1) is 0 Å². The maximum atomic E-state index is 11.0. The second-order valence-corrected chi connectivity index (χ2v) is 4.53. The molecule has 2 rings (SSSR count). The molecule has 0 atom stereocenters. The number of carboxylic acid groups (broad SMARTS) is 1. The molecular formula is C13H10BrNO2. The van der Waals surface area contributed by atoms with Gasteiger partial charge in [0.25, 0.3) is 0 Å². The topological polar surface area (TPSA) is 63.3 Å². The molecular weight excluding hydrogens is 282 g/mol. The Kier molecular flexibility index (Phi) is 3.15. The van der Waals surface area contributed by atoms with Crippen molar-refractivity contribution in [3.05, 3.63) is 52.5 Å². The molecule has 86 valence electrons. The van der Waals surface area contributed by atoms with Gasteiger partial charge >= 0.3 is 5.97 Å². The molecule has 0 saturated heterocycles. The summed E-state index contributed by atoms with van der Waals surface area (Å²) in [5, 5.41) is 8.99. The number of halogens is 1. The molecule has 3 N–H and O–H groups in total. The Morgan fingerprint density at radius 3 is 2.24 bits per heavy atom. The van der Waals surface area contributed by atoms with Gasteiger partial charge in [-0.25, -0.2) is 4.79 Å².